The number of nitrogens with zero attached hydrogens (tertiary/aromatic N) is 1. The molecule has 10 heavy (non-hydrogen) atoms. The van der Waals surface area contributed by atoms with Crippen molar-refractivity contribution in [3.05, 3.63) is 0 Å². The fourth-order valence-corrected chi connectivity index (χ4v) is 1.70. The molecule has 1 fully saturated rings. The van der Waals surface area contributed by atoms with E-state index in [1.54, 1.807) is 0 Å². The molecule has 0 bridgehead atoms. The van der Waals surface area contributed by atoms with Crippen molar-refractivity contribution in [3.63, 3.8) is 0 Å². The molecular formula is C5H11N3OS. The van der Waals surface area contributed by atoms with E-state index >= 15 is 0 Å². The van der Waals surface area contributed by atoms with Crippen LogP contribution in [-0.4, -0.2) is 36.3 Å². The van der Waals surface area contributed by atoms with Crippen molar-refractivity contribution in [2.24, 2.45) is 5.73 Å². The van der Waals surface area contributed by atoms with E-state index in [2.05, 4.69) is 4.72 Å². The molecule has 1 aliphatic rings. The van der Waals surface area contributed by atoms with Gasteiger partial charge in [-0.15, -0.1) is 0 Å². The summed E-state index contributed by atoms with van der Waals surface area (Å²) in [6, 6.07) is 0.00792. The summed E-state index contributed by atoms with van der Waals surface area (Å²) in [6.45, 7) is 2.09. The number of carbonyl (C=O) groups is 1. The van der Waals surface area contributed by atoms with Gasteiger partial charge in [0.15, 0.2) is 0 Å². The molecule has 0 radical (unpaired) electrons. The number of carbonyl (C=O) groups excluding carboxylic acids is 1. The lowest BCUT2D eigenvalue weighted by Crippen LogP contribution is -2.32. The van der Waals surface area contributed by atoms with Crippen LogP contribution in [0.1, 0.15) is 0 Å². The Morgan fingerprint density at radius 2 is 2.70 bits per heavy atom. The molecule has 0 aromatic heterocycles. The van der Waals surface area contributed by atoms with Crippen LogP contribution in [0.2, 0.25) is 0 Å². The van der Waals surface area contributed by atoms with Crippen LogP contribution in [0.25, 0.3) is 0 Å². The van der Waals surface area contributed by atoms with E-state index in [1.165, 1.54) is 12.1 Å². The number of rotatable bonds is 3. The Labute approximate surface area is 64.4 Å². The third-order valence-electron chi connectivity index (χ3n) is 1.35. The predicted octanol–water partition coefficient (Wildman–Crippen LogP) is -1.02. The van der Waals surface area contributed by atoms with Crippen LogP contribution >= 0.6 is 12.1 Å². The minimum atomic E-state index is 0.00792. The van der Waals surface area contributed by atoms with Crippen LogP contribution in [0.4, 0.5) is 0 Å². The lowest BCUT2D eigenvalue weighted by atomic mass is 10.3. The Kier molecular flexibility index (Phi) is 3.14. The Morgan fingerprint density at radius 3 is 3.30 bits per heavy atom. The summed E-state index contributed by atoms with van der Waals surface area (Å²) in [7, 11) is 0. The van der Waals surface area contributed by atoms with Crippen molar-refractivity contribution in [2.45, 2.75) is 6.04 Å². The third kappa shape index (κ3) is 1.69. The number of hydrogen-bond donors (Lipinski definition) is 2. The van der Waals surface area contributed by atoms with Crippen molar-refractivity contribution in [3.8, 4) is 0 Å². The predicted molar refractivity (Wildman–Crippen MR) is 41.2 cm³/mol. The molecule has 0 aromatic rings. The lowest BCUT2D eigenvalue weighted by Gasteiger charge is -2.14. The first-order valence-corrected chi connectivity index (χ1v) is 3.97. The zero-order valence-electron chi connectivity index (χ0n) is 5.62. The number of aldehydes is 1. The number of nitrogens with one attached hydrogen (secondary N) is 1. The van der Waals surface area contributed by atoms with Gasteiger partial charge in [-0.1, -0.05) is 0 Å². The summed E-state index contributed by atoms with van der Waals surface area (Å²) in [4.78, 5) is 10.4. The summed E-state index contributed by atoms with van der Waals surface area (Å²) in [5.41, 5.74) is 5.33. The second-order valence-electron chi connectivity index (χ2n) is 2.07. The minimum Gasteiger partial charge on any atom is -0.329 e. The molecule has 0 amide bonds. The Morgan fingerprint density at radius 1 is 1.90 bits per heavy atom. The molecule has 0 aromatic carbocycles. The van der Waals surface area contributed by atoms with Gasteiger partial charge in [-0.3, -0.25) is 0 Å². The van der Waals surface area contributed by atoms with Crippen LogP contribution in [0.5, 0.6) is 0 Å². The molecule has 5 heteroatoms. The highest BCUT2D eigenvalue weighted by Gasteiger charge is 2.23. The molecule has 1 atom stereocenters. The average molecular weight is 161 g/mol. The summed E-state index contributed by atoms with van der Waals surface area (Å²) >= 11 is 1.47. The van der Waals surface area contributed by atoms with E-state index in [9.17, 15) is 4.79 Å². The molecule has 0 saturated carbocycles. The molecule has 1 unspecified atom stereocenters. The monoisotopic (exact) mass is 161 g/mol. The summed E-state index contributed by atoms with van der Waals surface area (Å²) in [5, 5.41) is 0. The molecule has 1 aliphatic heterocycles. The van der Waals surface area contributed by atoms with Crippen molar-refractivity contribution < 1.29 is 4.79 Å². The van der Waals surface area contributed by atoms with E-state index in [-0.39, 0.29) is 6.04 Å². The second kappa shape index (κ2) is 3.92. The molecule has 0 spiro atoms. The quantitative estimate of drug-likeness (QED) is 0.410. The standard InChI is InChI=1S/C5H11N3OS/c6-1-2-8-5(4-9)3-7-10-8/h4-5,7H,1-3,6H2. The highest BCUT2D eigenvalue weighted by atomic mass is 32.2. The molecular weight excluding hydrogens is 150 g/mol. The second-order valence-corrected chi connectivity index (χ2v) is 3.01. The van der Waals surface area contributed by atoms with E-state index in [1.807, 2.05) is 4.31 Å². The largest absolute Gasteiger partial charge is 0.329 e. The van der Waals surface area contributed by atoms with Crippen molar-refractivity contribution in [2.75, 3.05) is 19.6 Å². The summed E-state index contributed by atoms with van der Waals surface area (Å²) in [5.74, 6) is 0. The van der Waals surface area contributed by atoms with Gasteiger partial charge in [0.1, 0.15) is 6.29 Å². The average Bonchev–Trinajstić information content (AvgIpc) is 2.36. The maximum atomic E-state index is 10.4. The lowest BCUT2D eigenvalue weighted by molar-refractivity contribution is -0.110. The molecule has 1 heterocycles. The van der Waals surface area contributed by atoms with Gasteiger partial charge in [0, 0.05) is 31.8 Å². The molecule has 58 valence electrons. The Bertz CT molecular complexity index is 121. The molecule has 4 nitrogen and oxygen atoms in total. The zero-order valence-corrected chi connectivity index (χ0v) is 6.43. The maximum Gasteiger partial charge on any atom is 0.139 e. The molecule has 1 rings (SSSR count). The first kappa shape index (κ1) is 8.00. The smallest absolute Gasteiger partial charge is 0.139 e. The molecule has 1 saturated heterocycles. The van der Waals surface area contributed by atoms with E-state index in [4.69, 9.17) is 5.73 Å². The van der Waals surface area contributed by atoms with Gasteiger partial charge in [0.2, 0.25) is 0 Å². The van der Waals surface area contributed by atoms with E-state index in [0.717, 1.165) is 19.4 Å². The first-order valence-electron chi connectivity index (χ1n) is 3.20. The Hall–Kier alpha value is -0.100. The van der Waals surface area contributed by atoms with Gasteiger partial charge in [-0.25, -0.2) is 9.03 Å². The highest BCUT2D eigenvalue weighted by Crippen LogP contribution is 2.15. The number of nitrogens with two attached hydrogens (primary N) is 1. The molecule has 0 aliphatic carbocycles. The van der Waals surface area contributed by atoms with Gasteiger partial charge in [0.05, 0.1) is 6.04 Å². The van der Waals surface area contributed by atoms with Crippen LogP contribution in [-0.2, 0) is 4.79 Å². The van der Waals surface area contributed by atoms with Crippen LogP contribution < -0.4 is 10.5 Å². The van der Waals surface area contributed by atoms with Crippen molar-refractivity contribution >= 4 is 18.4 Å². The fraction of sp³-hybridized carbons (Fsp3) is 0.800. The van der Waals surface area contributed by atoms with Gasteiger partial charge < -0.3 is 10.5 Å². The SMILES string of the molecule is NCCN1SNCC1C=O. The van der Waals surface area contributed by atoms with E-state index in [0.29, 0.717) is 6.54 Å². The molecule has 3 N–H and O–H groups in total. The highest BCUT2D eigenvalue weighted by molar-refractivity contribution is 7.95. The van der Waals surface area contributed by atoms with E-state index < -0.39 is 0 Å². The number of hydrogen-bond acceptors (Lipinski definition) is 5. The zero-order chi connectivity index (χ0) is 7.40. The Balaban J connectivity index is 2.34. The fourth-order valence-electron chi connectivity index (χ4n) is 0.830. The third-order valence-corrected chi connectivity index (χ3v) is 2.33. The first-order chi connectivity index (χ1) is 4.88. The van der Waals surface area contributed by atoms with Gasteiger partial charge in [-0.2, -0.15) is 0 Å². The van der Waals surface area contributed by atoms with Gasteiger partial charge >= 0.3 is 0 Å². The van der Waals surface area contributed by atoms with Crippen LogP contribution in [0, 0.1) is 0 Å². The topological polar surface area (TPSA) is 58.4 Å². The maximum absolute atomic E-state index is 10.4. The summed E-state index contributed by atoms with van der Waals surface area (Å²) < 4.78 is 4.97. The van der Waals surface area contributed by atoms with Crippen LogP contribution in [0.15, 0.2) is 0 Å². The van der Waals surface area contributed by atoms with Crippen molar-refractivity contribution in [1.29, 1.82) is 0 Å². The normalized spacial score (nSPS) is 27.1. The van der Waals surface area contributed by atoms with Crippen LogP contribution in [0.3, 0.4) is 0 Å². The van der Waals surface area contributed by atoms with Gasteiger partial charge in [0.25, 0.3) is 0 Å². The van der Waals surface area contributed by atoms with Gasteiger partial charge in [-0.05, 0) is 0 Å². The summed E-state index contributed by atoms with van der Waals surface area (Å²) in [6.07, 6.45) is 0.947. The van der Waals surface area contributed by atoms with Crippen molar-refractivity contribution in [1.82, 2.24) is 9.03 Å². The minimum absolute atomic E-state index is 0.00792.